The standard InChI is InChI=1S/C23H28N6O3/c1-4-9-29-20-19(21(30)26-23(29)32)16(14-17(25-20)15(2)3)22(31)28-12-10-27(11-13-28)18-7-5-6-8-24-18/h5-8,14-15H,4,9-13H2,1-3H3,(H,26,30,32). The van der Waals surface area contributed by atoms with Gasteiger partial charge in [0.25, 0.3) is 11.5 Å². The van der Waals surface area contributed by atoms with Crippen molar-refractivity contribution in [3.05, 3.63) is 62.6 Å². The van der Waals surface area contributed by atoms with Crippen molar-refractivity contribution < 1.29 is 4.79 Å². The van der Waals surface area contributed by atoms with E-state index >= 15 is 0 Å². The lowest BCUT2D eigenvalue weighted by Gasteiger charge is -2.35. The van der Waals surface area contributed by atoms with Crippen LogP contribution in [0.3, 0.4) is 0 Å². The minimum atomic E-state index is -0.573. The Morgan fingerprint density at radius 1 is 1.16 bits per heavy atom. The number of nitrogens with one attached hydrogen (secondary N) is 1. The summed E-state index contributed by atoms with van der Waals surface area (Å²) in [4.78, 5) is 54.0. The molecule has 4 heterocycles. The molecule has 168 valence electrons. The second kappa shape index (κ2) is 8.94. The summed E-state index contributed by atoms with van der Waals surface area (Å²) in [6, 6.07) is 7.48. The number of aromatic amines is 1. The molecule has 9 nitrogen and oxygen atoms in total. The highest BCUT2D eigenvalue weighted by molar-refractivity contribution is 6.05. The molecule has 1 saturated heterocycles. The number of hydrogen-bond acceptors (Lipinski definition) is 6. The molecule has 1 fully saturated rings. The summed E-state index contributed by atoms with van der Waals surface area (Å²) >= 11 is 0. The molecule has 3 aromatic heterocycles. The Kier molecular flexibility index (Phi) is 6.07. The lowest BCUT2D eigenvalue weighted by molar-refractivity contribution is 0.0748. The molecule has 0 atom stereocenters. The summed E-state index contributed by atoms with van der Waals surface area (Å²) in [5.74, 6) is 0.708. The number of aryl methyl sites for hydroxylation is 1. The molecule has 0 unspecified atom stereocenters. The Balaban J connectivity index is 1.73. The van der Waals surface area contributed by atoms with Crippen molar-refractivity contribution in [3.8, 4) is 0 Å². The first-order valence-corrected chi connectivity index (χ1v) is 11.0. The van der Waals surface area contributed by atoms with Crippen LogP contribution in [0.4, 0.5) is 5.82 Å². The summed E-state index contributed by atoms with van der Waals surface area (Å²) in [5, 5.41) is 0.180. The molecule has 0 spiro atoms. The molecule has 0 saturated carbocycles. The van der Waals surface area contributed by atoms with Gasteiger partial charge in [0.05, 0.1) is 10.9 Å². The number of anilines is 1. The maximum Gasteiger partial charge on any atom is 0.329 e. The number of hydrogen-bond donors (Lipinski definition) is 1. The summed E-state index contributed by atoms with van der Waals surface area (Å²) < 4.78 is 1.46. The lowest BCUT2D eigenvalue weighted by atomic mass is 10.0. The average molecular weight is 437 g/mol. The van der Waals surface area contributed by atoms with Gasteiger partial charge in [0.1, 0.15) is 5.82 Å². The Labute approximate surface area is 185 Å². The zero-order valence-corrected chi connectivity index (χ0v) is 18.7. The van der Waals surface area contributed by atoms with Crippen LogP contribution in [0.5, 0.6) is 0 Å². The van der Waals surface area contributed by atoms with Gasteiger partial charge in [-0.3, -0.25) is 19.1 Å². The Hall–Kier alpha value is -3.49. The summed E-state index contributed by atoms with van der Waals surface area (Å²) in [5.41, 5.74) is 0.192. The summed E-state index contributed by atoms with van der Waals surface area (Å²) in [6.07, 6.45) is 2.46. The van der Waals surface area contributed by atoms with Gasteiger partial charge in [-0.05, 0) is 30.5 Å². The van der Waals surface area contributed by atoms with Crippen LogP contribution in [0.2, 0.25) is 0 Å². The summed E-state index contributed by atoms with van der Waals surface area (Å²) in [7, 11) is 0. The van der Waals surface area contributed by atoms with Crippen LogP contribution >= 0.6 is 0 Å². The van der Waals surface area contributed by atoms with E-state index in [1.54, 1.807) is 17.2 Å². The van der Waals surface area contributed by atoms with E-state index in [1.807, 2.05) is 39.0 Å². The SMILES string of the molecule is CCCn1c(=O)[nH]c(=O)c2c(C(=O)N3CCN(c4ccccn4)CC3)cc(C(C)C)nc21. The first kappa shape index (κ1) is 21.7. The van der Waals surface area contributed by atoms with Gasteiger partial charge in [0.2, 0.25) is 0 Å². The molecule has 0 aliphatic carbocycles. The van der Waals surface area contributed by atoms with Crippen LogP contribution in [-0.4, -0.2) is 56.5 Å². The van der Waals surface area contributed by atoms with E-state index in [0.717, 1.165) is 5.82 Å². The Morgan fingerprint density at radius 3 is 2.53 bits per heavy atom. The molecule has 1 amide bonds. The number of aromatic nitrogens is 4. The highest BCUT2D eigenvalue weighted by Crippen LogP contribution is 2.22. The Morgan fingerprint density at radius 2 is 1.91 bits per heavy atom. The van der Waals surface area contributed by atoms with Crippen molar-refractivity contribution in [2.24, 2.45) is 0 Å². The van der Waals surface area contributed by atoms with Crippen molar-refractivity contribution in [2.45, 2.75) is 39.7 Å². The zero-order valence-electron chi connectivity index (χ0n) is 18.7. The van der Waals surface area contributed by atoms with Crippen molar-refractivity contribution in [1.82, 2.24) is 24.4 Å². The monoisotopic (exact) mass is 436 g/mol. The van der Waals surface area contributed by atoms with Gasteiger partial charge in [-0.15, -0.1) is 0 Å². The molecule has 9 heteroatoms. The van der Waals surface area contributed by atoms with Gasteiger partial charge in [-0.25, -0.2) is 14.8 Å². The number of pyridine rings is 2. The molecule has 4 rings (SSSR count). The maximum absolute atomic E-state index is 13.6. The predicted octanol–water partition coefficient (Wildman–Crippen LogP) is 1.98. The first-order valence-electron chi connectivity index (χ1n) is 11.0. The van der Waals surface area contributed by atoms with Crippen LogP contribution in [0.15, 0.2) is 40.1 Å². The highest BCUT2D eigenvalue weighted by atomic mass is 16.2. The number of H-pyrrole nitrogens is 1. The van der Waals surface area contributed by atoms with E-state index in [4.69, 9.17) is 0 Å². The van der Waals surface area contributed by atoms with E-state index in [2.05, 4.69) is 19.9 Å². The van der Waals surface area contributed by atoms with Gasteiger partial charge in [0, 0.05) is 44.6 Å². The second-order valence-corrected chi connectivity index (χ2v) is 8.33. The third-order valence-corrected chi connectivity index (χ3v) is 5.78. The normalized spacial score (nSPS) is 14.4. The zero-order chi connectivity index (χ0) is 22.8. The van der Waals surface area contributed by atoms with Crippen molar-refractivity contribution in [3.63, 3.8) is 0 Å². The number of fused-ring (bicyclic) bond motifs is 1. The van der Waals surface area contributed by atoms with Gasteiger partial charge < -0.3 is 9.80 Å². The lowest BCUT2D eigenvalue weighted by Crippen LogP contribution is -2.49. The van der Waals surface area contributed by atoms with Crippen LogP contribution in [0, 0.1) is 0 Å². The number of rotatable bonds is 5. The maximum atomic E-state index is 13.6. The van der Waals surface area contributed by atoms with Crippen LogP contribution in [0.25, 0.3) is 11.0 Å². The number of amides is 1. The molecular formula is C23H28N6O3. The van der Waals surface area contributed by atoms with E-state index < -0.39 is 11.2 Å². The third-order valence-electron chi connectivity index (χ3n) is 5.78. The van der Waals surface area contributed by atoms with Crippen LogP contribution < -0.4 is 16.1 Å². The smallest absolute Gasteiger partial charge is 0.329 e. The topological polar surface area (TPSA) is 104 Å². The number of nitrogens with zero attached hydrogens (tertiary/aromatic N) is 5. The van der Waals surface area contributed by atoms with Crippen LogP contribution in [0.1, 0.15) is 49.2 Å². The largest absolute Gasteiger partial charge is 0.353 e. The van der Waals surface area contributed by atoms with Crippen molar-refractivity contribution in [1.29, 1.82) is 0 Å². The van der Waals surface area contributed by atoms with Gasteiger partial charge in [-0.1, -0.05) is 26.8 Å². The minimum Gasteiger partial charge on any atom is -0.353 e. The molecule has 3 aromatic rings. The van der Waals surface area contributed by atoms with Crippen LogP contribution in [-0.2, 0) is 6.54 Å². The minimum absolute atomic E-state index is 0.0384. The molecular weight excluding hydrogens is 408 g/mol. The molecule has 1 N–H and O–H groups in total. The van der Waals surface area contributed by atoms with E-state index in [-0.39, 0.29) is 22.9 Å². The van der Waals surface area contributed by atoms with E-state index in [1.165, 1.54) is 4.57 Å². The number of piperazine rings is 1. The van der Waals surface area contributed by atoms with E-state index in [0.29, 0.717) is 50.4 Å². The summed E-state index contributed by atoms with van der Waals surface area (Å²) in [6.45, 7) is 8.65. The number of carbonyl (C=O) groups is 1. The van der Waals surface area contributed by atoms with Gasteiger partial charge >= 0.3 is 5.69 Å². The molecule has 1 aliphatic rings. The van der Waals surface area contributed by atoms with Crippen molar-refractivity contribution in [2.75, 3.05) is 31.1 Å². The molecule has 0 bridgehead atoms. The number of carbonyl (C=O) groups excluding carboxylic acids is 1. The quantitative estimate of drug-likeness (QED) is 0.656. The molecule has 0 aromatic carbocycles. The third kappa shape index (κ3) is 4.02. The van der Waals surface area contributed by atoms with E-state index in [9.17, 15) is 14.4 Å². The fourth-order valence-electron chi connectivity index (χ4n) is 4.04. The molecule has 0 radical (unpaired) electrons. The fraction of sp³-hybridized carbons (Fsp3) is 0.435. The van der Waals surface area contributed by atoms with Gasteiger partial charge in [-0.2, -0.15) is 0 Å². The average Bonchev–Trinajstić information content (AvgIpc) is 2.81. The predicted molar refractivity (Wildman–Crippen MR) is 123 cm³/mol. The Bertz CT molecular complexity index is 1240. The first-order chi connectivity index (χ1) is 15.4. The second-order valence-electron chi connectivity index (χ2n) is 8.33. The van der Waals surface area contributed by atoms with Crippen molar-refractivity contribution >= 4 is 22.8 Å². The molecule has 32 heavy (non-hydrogen) atoms. The van der Waals surface area contributed by atoms with Gasteiger partial charge in [0.15, 0.2) is 5.65 Å². The molecule has 1 aliphatic heterocycles. The highest BCUT2D eigenvalue weighted by Gasteiger charge is 2.27. The fourth-order valence-corrected chi connectivity index (χ4v) is 4.04.